The number of ether oxygens (including phenoxy) is 1. The number of benzene rings is 2. The van der Waals surface area contributed by atoms with Gasteiger partial charge >= 0.3 is 0 Å². The van der Waals surface area contributed by atoms with Crippen LogP contribution in [0.4, 0.5) is 0 Å². The molecule has 0 radical (unpaired) electrons. The number of aryl methyl sites for hydroxylation is 2. The van der Waals surface area contributed by atoms with Crippen LogP contribution in [0.3, 0.4) is 0 Å². The fourth-order valence-electron chi connectivity index (χ4n) is 2.52. The van der Waals surface area contributed by atoms with Crippen molar-refractivity contribution in [2.45, 2.75) is 20.4 Å². The lowest BCUT2D eigenvalue weighted by Gasteiger charge is -2.09. The van der Waals surface area contributed by atoms with E-state index in [1.165, 1.54) is 5.56 Å². The van der Waals surface area contributed by atoms with Crippen molar-refractivity contribution in [3.8, 4) is 5.75 Å². The number of pyridine rings is 1. The van der Waals surface area contributed by atoms with Crippen LogP contribution in [0.1, 0.15) is 16.7 Å². The third kappa shape index (κ3) is 4.07. The first-order valence-electron chi connectivity index (χ1n) is 8.10. The van der Waals surface area contributed by atoms with Gasteiger partial charge in [0.15, 0.2) is 6.61 Å². The quantitative estimate of drug-likeness (QED) is 0.752. The van der Waals surface area contributed by atoms with E-state index in [-0.39, 0.29) is 24.6 Å². The normalized spacial score (nSPS) is 10.6. The van der Waals surface area contributed by atoms with Gasteiger partial charge in [-0.1, -0.05) is 24.3 Å². The van der Waals surface area contributed by atoms with Crippen LogP contribution in [0.25, 0.3) is 10.9 Å². The minimum absolute atomic E-state index is 0.0893. The van der Waals surface area contributed by atoms with E-state index in [1.54, 1.807) is 6.07 Å². The van der Waals surface area contributed by atoms with Crippen LogP contribution < -0.4 is 15.6 Å². The fourth-order valence-corrected chi connectivity index (χ4v) is 2.52. The van der Waals surface area contributed by atoms with Crippen LogP contribution in [0.2, 0.25) is 0 Å². The van der Waals surface area contributed by atoms with Gasteiger partial charge in [0.2, 0.25) is 0 Å². The monoisotopic (exact) mass is 336 g/mol. The molecule has 0 atom stereocenters. The summed E-state index contributed by atoms with van der Waals surface area (Å²) in [6.45, 7) is 4.09. The number of rotatable bonds is 5. The molecular formula is C20H20N2O3. The second kappa shape index (κ2) is 7.21. The highest BCUT2D eigenvalue weighted by molar-refractivity contribution is 5.79. The predicted octanol–water partition coefficient (Wildman–Crippen LogP) is 2.84. The van der Waals surface area contributed by atoms with Crippen molar-refractivity contribution in [2.24, 2.45) is 0 Å². The second-order valence-electron chi connectivity index (χ2n) is 6.02. The van der Waals surface area contributed by atoms with Crippen molar-refractivity contribution in [2.75, 3.05) is 6.61 Å². The van der Waals surface area contributed by atoms with Gasteiger partial charge in [0.1, 0.15) is 5.75 Å². The van der Waals surface area contributed by atoms with Crippen molar-refractivity contribution < 1.29 is 9.53 Å². The molecule has 1 heterocycles. The number of carbonyl (C=O) groups is 1. The highest BCUT2D eigenvalue weighted by atomic mass is 16.5. The topological polar surface area (TPSA) is 71.2 Å². The lowest BCUT2D eigenvalue weighted by molar-refractivity contribution is -0.123. The summed E-state index contributed by atoms with van der Waals surface area (Å²) in [5.74, 6) is 0.382. The zero-order chi connectivity index (χ0) is 17.8. The molecule has 0 saturated carbocycles. The SMILES string of the molecule is Cc1ccc(OCC(=O)NCc2cc3ccccc3[nH]c2=O)cc1C. The second-order valence-corrected chi connectivity index (χ2v) is 6.02. The van der Waals surface area contributed by atoms with E-state index in [4.69, 9.17) is 4.74 Å². The van der Waals surface area contributed by atoms with Gasteiger partial charge in [-0.15, -0.1) is 0 Å². The molecular weight excluding hydrogens is 316 g/mol. The van der Waals surface area contributed by atoms with Gasteiger partial charge in [-0.2, -0.15) is 0 Å². The molecule has 128 valence electrons. The molecule has 0 bridgehead atoms. The number of amides is 1. The average molecular weight is 336 g/mol. The van der Waals surface area contributed by atoms with E-state index in [9.17, 15) is 9.59 Å². The zero-order valence-electron chi connectivity index (χ0n) is 14.3. The van der Waals surface area contributed by atoms with Gasteiger partial charge in [-0.25, -0.2) is 0 Å². The summed E-state index contributed by atoms with van der Waals surface area (Å²) in [5.41, 5.74) is 3.38. The average Bonchev–Trinajstić information content (AvgIpc) is 2.61. The Kier molecular flexibility index (Phi) is 4.84. The highest BCUT2D eigenvalue weighted by Crippen LogP contribution is 2.16. The Morgan fingerprint density at radius 2 is 1.88 bits per heavy atom. The fraction of sp³-hybridized carbons (Fsp3) is 0.200. The number of carbonyl (C=O) groups excluding carboxylic acids is 1. The number of aromatic amines is 1. The van der Waals surface area contributed by atoms with E-state index in [0.717, 1.165) is 16.5 Å². The lowest BCUT2D eigenvalue weighted by Crippen LogP contribution is -2.30. The molecule has 1 aromatic heterocycles. The number of para-hydroxylation sites is 1. The molecule has 0 fully saturated rings. The van der Waals surface area contributed by atoms with Crippen LogP contribution >= 0.6 is 0 Å². The van der Waals surface area contributed by atoms with Gasteiger partial charge in [-0.3, -0.25) is 9.59 Å². The molecule has 3 aromatic rings. The van der Waals surface area contributed by atoms with Crippen LogP contribution in [0.5, 0.6) is 5.75 Å². The Morgan fingerprint density at radius 3 is 2.68 bits per heavy atom. The van der Waals surface area contributed by atoms with E-state index in [1.807, 2.05) is 56.3 Å². The van der Waals surface area contributed by atoms with Crippen molar-refractivity contribution in [1.82, 2.24) is 10.3 Å². The summed E-state index contributed by atoms with van der Waals surface area (Å²) in [6.07, 6.45) is 0. The number of aromatic nitrogens is 1. The van der Waals surface area contributed by atoms with Crippen LogP contribution in [0.15, 0.2) is 53.3 Å². The number of fused-ring (bicyclic) bond motifs is 1. The molecule has 0 aliphatic heterocycles. The molecule has 0 unspecified atom stereocenters. The van der Waals surface area contributed by atoms with Gasteiger partial charge in [0, 0.05) is 17.6 Å². The minimum atomic E-state index is -0.272. The van der Waals surface area contributed by atoms with Crippen molar-refractivity contribution in [1.29, 1.82) is 0 Å². The van der Waals surface area contributed by atoms with Crippen LogP contribution in [-0.2, 0) is 11.3 Å². The molecule has 0 aliphatic rings. The van der Waals surface area contributed by atoms with Gasteiger partial charge in [-0.05, 0) is 54.6 Å². The molecule has 0 saturated heterocycles. The number of hydrogen-bond acceptors (Lipinski definition) is 3. The van der Waals surface area contributed by atoms with E-state index < -0.39 is 0 Å². The maximum Gasteiger partial charge on any atom is 0.258 e. The molecule has 5 heteroatoms. The first kappa shape index (κ1) is 16.8. The van der Waals surface area contributed by atoms with Crippen LogP contribution in [-0.4, -0.2) is 17.5 Å². The molecule has 2 N–H and O–H groups in total. The molecule has 0 spiro atoms. The molecule has 3 rings (SSSR count). The predicted molar refractivity (Wildman–Crippen MR) is 97.8 cm³/mol. The summed E-state index contributed by atoms with van der Waals surface area (Å²) in [7, 11) is 0. The summed E-state index contributed by atoms with van der Waals surface area (Å²) in [4.78, 5) is 26.8. The number of hydrogen-bond donors (Lipinski definition) is 2. The van der Waals surface area contributed by atoms with Gasteiger partial charge < -0.3 is 15.0 Å². The summed E-state index contributed by atoms with van der Waals surface area (Å²) in [5, 5.41) is 3.65. The number of H-pyrrole nitrogens is 1. The smallest absolute Gasteiger partial charge is 0.258 e. The third-order valence-electron chi connectivity index (χ3n) is 4.15. The minimum Gasteiger partial charge on any atom is -0.484 e. The van der Waals surface area contributed by atoms with E-state index in [0.29, 0.717) is 11.3 Å². The van der Waals surface area contributed by atoms with E-state index >= 15 is 0 Å². The van der Waals surface area contributed by atoms with Crippen LogP contribution in [0, 0.1) is 13.8 Å². The standard InChI is InChI=1S/C20H20N2O3/c1-13-7-8-17(9-14(13)2)25-12-19(23)21-11-16-10-15-5-3-4-6-18(15)22-20(16)24/h3-10H,11-12H2,1-2H3,(H,21,23)(H,22,24). The Labute approximate surface area is 145 Å². The Bertz CT molecular complexity index is 976. The maximum absolute atomic E-state index is 12.1. The Balaban J connectivity index is 1.59. The summed E-state index contributed by atoms with van der Waals surface area (Å²) >= 11 is 0. The third-order valence-corrected chi connectivity index (χ3v) is 4.15. The van der Waals surface area contributed by atoms with Gasteiger partial charge in [0.25, 0.3) is 11.5 Å². The molecule has 0 aliphatic carbocycles. The molecule has 2 aromatic carbocycles. The first-order valence-corrected chi connectivity index (χ1v) is 8.10. The molecule has 25 heavy (non-hydrogen) atoms. The highest BCUT2D eigenvalue weighted by Gasteiger charge is 2.07. The Hall–Kier alpha value is -3.08. The number of nitrogens with one attached hydrogen (secondary N) is 2. The van der Waals surface area contributed by atoms with Crippen molar-refractivity contribution in [3.05, 3.63) is 75.6 Å². The van der Waals surface area contributed by atoms with Gasteiger partial charge in [0.05, 0.1) is 0 Å². The summed E-state index contributed by atoms with van der Waals surface area (Å²) < 4.78 is 5.49. The zero-order valence-corrected chi connectivity index (χ0v) is 14.3. The lowest BCUT2D eigenvalue weighted by atomic mass is 10.1. The first-order chi connectivity index (χ1) is 12.0. The maximum atomic E-state index is 12.1. The largest absolute Gasteiger partial charge is 0.484 e. The Morgan fingerprint density at radius 1 is 1.08 bits per heavy atom. The molecule has 1 amide bonds. The van der Waals surface area contributed by atoms with E-state index in [2.05, 4.69) is 10.3 Å². The van der Waals surface area contributed by atoms with Crippen molar-refractivity contribution >= 4 is 16.8 Å². The summed E-state index contributed by atoms with van der Waals surface area (Å²) in [6, 6.07) is 15.0. The molecule has 5 nitrogen and oxygen atoms in total. The van der Waals surface area contributed by atoms with Crippen molar-refractivity contribution in [3.63, 3.8) is 0 Å².